The van der Waals surface area contributed by atoms with Gasteiger partial charge in [0.25, 0.3) is 0 Å². The number of aromatic nitrogens is 1. The minimum Gasteiger partial charge on any atom is -0.453 e. The molecule has 1 aliphatic rings. The second-order valence-corrected chi connectivity index (χ2v) is 4.98. The summed E-state index contributed by atoms with van der Waals surface area (Å²) in [6.45, 7) is 1.05. The van der Waals surface area contributed by atoms with Gasteiger partial charge in [-0.3, -0.25) is 4.79 Å². The van der Waals surface area contributed by atoms with E-state index in [1.165, 1.54) is 18.4 Å². The van der Waals surface area contributed by atoms with Crippen molar-refractivity contribution in [3.63, 3.8) is 0 Å². The van der Waals surface area contributed by atoms with E-state index in [4.69, 9.17) is 0 Å². The molecule has 1 aromatic heterocycles. The molecule has 0 radical (unpaired) electrons. The fraction of sp³-hybridized carbons (Fsp3) is 0.545. The zero-order chi connectivity index (χ0) is 13.0. The van der Waals surface area contributed by atoms with Crippen LogP contribution in [0.25, 0.3) is 0 Å². The van der Waals surface area contributed by atoms with Crippen molar-refractivity contribution in [1.82, 2.24) is 9.88 Å². The first-order chi connectivity index (χ1) is 8.70. The summed E-state index contributed by atoms with van der Waals surface area (Å²) in [7, 11) is 1.35. The monoisotopic (exact) mass is 269 g/mol. The van der Waals surface area contributed by atoms with Crippen molar-refractivity contribution in [3.8, 4) is 0 Å². The minimum absolute atomic E-state index is 0.0847. The highest BCUT2D eigenvalue weighted by atomic mass is 32.1. The molecule has 2 amide bonds. The van der Waals surface area contributed by atoms with Gasteiger partial charge in [0.05, 0.1) is 13.0 Å². The number of hydrogen-bond donors (Lipinski definition) is 1. The zero-order valence-electron chi connectivity index (χ0n) is 10.1. The van der Waals surface area contributed by atoms with E-state index in [1.807, 2.05) is 0 Å². The number of anilines is 1. The number of methoxy groups -OCH3 is 1. The lowest BCUT2D eigenvalue weighted by Gasteiger charge is -2.30. The van der Waals surface area contributed by atoms with Crippen LogP contribution < -0.4 is 5.32 Å². The van der Waals surface area contributed by atoms with Crippen LogP contribution in [0.15, 0.2) is 11.6 Å². The number of carbonyl (C=O) groups is 2. The van der Waals surface area contributed by atoms with Crippen LogP contribution in [0.5, 0.6) is 0 Å². The number of amides is 2. The molecule has 0 aromatic carbocycles. The SMILES string of the molecule is COC(=O)N1CCCC(C(=O)Nc2nccs2)C1. The highest BCUT2D eigenvalue weighted by Crippen LogP contribution is 2.20. The van der Waals surface area contributed by atoms with Crippen molar-refractivity contribution >= 4 is 28.5 Å². The summed E-state index contributed by atoms with van der Waals surface area (Å²) in [4.78, 5) is 29.0. The van der Waals surface area contributed by atoms with Crippen LogP contribution in [-0.2, 0) is 9.53 Å². The summed E-state index contributed by atoms with van der Waals surface area (Å²) in [5.41, 5.74) is 0. The van der Waals surface area contributed by atoms with Gasteiger partial charge in [0.1, 0.15) is 0 Å². The predicted octanol–water partition coefficient (Wildman–Crippen LogP) is 1.56. The highest BCUT2D eigenvalue weighted by Gasteiger charge is 2.29. The molecule has 18 heavy (non-hydrogen) atoms. The normalized spacial score (nSPS) is 19.4. The summed E-state index contributed by atoms with van der Waals surface area (Å²) in [6, 6.07) is 0. The number of carbonyl (C=O) groups excluding carboxylic acids is 2. The smallest absolute Gasteiger partial charge is 0.409 e. The lowest BCUT2D eigenvalue weighted by atomic mass is 9.97. The van der Waals surface area contributed by atoms with Gasteiger partial charge in [-0.1, -0.05) is 0 Å². The fourth-order valence-corrected chi connectivity index (χ4v) is 2.51. The van der Waals surface area contributed by atoms with Gasteiger partial charge in [0.2, 0.25) is 5.91 Å². The summed E-state index contributed by atoms with van der Waals surface area (Å²) in [6.07, 6.45) is 2.86. The Bertz CT molecular complexity index is 421. The average Bonchev–Trinajstić information content (AvgIpc) is 2.90. The van der Waals surface area contributed by atoms with Gasteiger partial charge in [0, 0.05) is 24.7 Å². The van der Waals surface area contributed by atoms with Crippen LogP contribution in [0.2, 0.25) is 0 Å². The first-order valence-electron chi connectivity index (χ1n) is 5.74. The lowest BCUT2D eigenvalue weighted by molar-refractivity contribution is -0.121. The number of hydrogen-bond acceptors (Lipinski definition) is 5. The van der Waals surface area contributed by atoms with Crippen LogP contribution in [0.3, 0.4) is 0 Å². The van der Waals surface area contributed by atoms with Gasteiger partial charge in [-0.15, -0.1) is 11.3 Å². The Morgan fingerprint density at radius 2 is 2.44 bits per heavy atom. The highest BCUT2D eigenvalue weighted by molar-refractivity contribution is 7.13. The molecule has 98 valence electrons. The number of nitrogens with one attached hydrogen (secondary N) is 1. The number of likely N-dealkylation sites (tertiary alicyclic amines) is 1. The molecule has 1 atom stereocenters. The van der Waals surface area contributed by atoms with E-state index < -0.39 is 0 Å². The summed E-state index contributed by atoms with van der Waals surface area (Å²) in [5, 5.41) is 5.15. The Morgan fingerprint density at radius 3 is 3.11 bits per heavy atom. The van der Waals surface area contributed by atoms with Crippen molar-refractivity contribution in [2.24, 2.45) is 5.92 Å². The van der Waals surface area contributed by atoms with E-state index in [9.17, 15) is 9.59 Å². The molecule has 1 aliphatic heterocycles. The molecule has 0 spiro atoms. The van der Waals surface area contributed by atoms with Crippen LogP contribution in [0, 0.1) is 5.92 Å². The number of thiazole rings is 1. The molecule has 0 aliphatic carbocycles. The maximum atomic E-state index is 12.0. The molecule has 1 fully saturated rings. The molecule has 1 unspecified atom stereocenters. The van der Waals surface area contributed by atoms with Crippen molar-refractivity contribution in [2.45, 2.75) is 12.8 Å². The lowest BCUT2D eigenvalue weighted by Crippen LogP contribution is -2.43. The first kappa shape index (κ1) is 12.8. The summed E-state index contributed by atoms with van der Waals surface area (Å²) in [5.74, 6) is -0.277. The van der Waals surface area contributed by atoms with Gasteiger partial charge >= 0.3 is 6.09 Å². The number of ether oxygens (including phenoxy) is 1. The maximum Gasteiger partial charge on any atom is 0.409 e. The molecular weight excluding hydrogens is 254 g/mol. The summed E-state index contributed by atoms with van der Waals surface area (Å²) >= 11 is 1.38. The van der Waals surface area contributed by atoms with E-state index in [0.29, 0.717) is 18.2 Å². The third-order valence-corrected chi connectivity index (χ3v) is 3.58. The third-order valence-electron chi connectivity index (χ3n) is 2.89. The Kier molecular flexibility index (Phi) is 4.14. The molecule has 7 heteroatoms. The molecule has 1 aromatic rings. The largest absolute Gasteiger partial charge is 0.453 e. The van der Waals surface area contributed by atoms with E-state index in [2.05, 4.69) is 15.0 Å². The Morgan fingerprint density at radius 1 is 1.61 bits per heavy atom. The quantitative estimate of drug-likeness (QED) is 0.884. The maximum absolute atomic E-state index is 12.0. The molecular formula is C11H15N3O3S. The third kappa shape index (κ3) is 2.98. The molecule has 2 rings (SSSR count). The van der Waals surface area contributed by atoms with E-state index >= 15 is 0 Å². The zero-order valence-corrected chi connectivity index (χ0v) is 10.9. The van der Waals surface area contributed by atoms with Crippen molar-refractivity contribution in [3.05, 3.63) is 11.6 Å². The Balaban J connectivity index is 1.92. The first-order valence-corrected chi connectivity index (χ1v) is 6.62. The number of piperidine rings is 1. The van der Waals surface area contributed by atoms with Gasteiger partial charge in [0.15, 0.2) is 5.13 Å². The fourth-order valence-electron chi connectivity index (χ4n) is 1.98. The van der Waals surface area contributed by atoms with E-state index in [1.54, 1.807) is 16.5 Å². The molecule has 0 saturated carbocycles. The Labute approximate surface area is 109 Å². The van der Waals surface area contributed by atoms with Gasteiger partial charge < -0.3 is 15.0 Å². The summed E-state index contributed by atoms with van der Waals surface area (Å²) < 4.78 is 4.67. The van der Waals surface area contributed by atoms with Crippen LogP contribution in [-0.4, -0.2) is 42.1 Å². The van der Waals surface area contributed by atoms with Gasteiger partial charge in [-0.2, -0.15) is 0 Å². The number of nitrogens with zero attached hydrogens (tertiary/aromatic N) is 2. The molecule has 0 bridgehead atoms. The topological polar surface area (TPSA) is 71.5 Å². The van der Waals surface area contributed by atoms with Crippen molar-refractivity contribution in [2.75, 3.05) is 25.5 Å². The van der Waals surface area contributed by atoms with Gasteiger partial charge in [-0.05, 0) is 12.8 Å². The number of rotatable bonds is 2. The standard InChI is InChI=1S/C11H15N3O3S/c1-17-11(16)14-5-2-3-8(7-14)9(15)13-10-12-4-6-18-10/h4,6,8H,2-3,5,7H2,1H3,(H,12,13,15). The van der Waals surface area contributed by atoms with E-state index in [0.717, 1.165) is 12.8 Å². The van der Waals surface area contributed by atoms with E-state index in [-0.39, 0.29) is 17.9 Å². The molecule has 1 N–H and O–H groups in total. The van der Waals surface area contributed by atoms with Crippen LogP contribution in [0.1, 0.15) is 12.8 Å². The van der Waals surface area contributed by atoms with Gasteiger partial charge in [-0.25, -0.2) is 9.78 Å². The van der Waals surface area contributed by atoms with Crippen LogP contribution >= 0.6 is 11.3 Å². The minimum atomic E-state index is -0.373. The average molecular weight is 269 g/mol. The predicted molar refractivity (Wildman–Crippen MR) is 67.4 cm³/mol. The molecule has 2 heterocycles. The van der Waals surface area contributed by atoms with Crippen molar-refractivity contribution in [1.29, 1.82) is 0 Å². The van der Waals surface area contributed by atoms with Crippen LogP contribution in [0.4, 0.5) is 9.93 Å². The Hall–Kier alpha value is -1.63. The second kappa shape index (κ2) is 5.81. The molecule has 1 saturated heterocycles. The second-order valence-electron chi connectivity index (χ2n) is 4.08. The van der Waals surface area contributed by atoms with Crippen molar-refractivity contribution < 1.29 is 14.3 Å². The molecule has 6 nitrogen and oxygen atoms in total.